The smallest absolute Gasteiger partial charge is 0.288 e. The van der Waals surface area contributed by atoms with E-state index in [2.05, 4.69) is 0 Å². The number of benzene rings is 1. The first kappa shape index (κ1) is 15.4. The van der Waals surface area contributed by atoms with Gasteiger partial charge in [-0.1, -0.05) is 12.1 Å². The van der Waals surface area contributed by atoms with Crippen molar-refractivity contribution in [2.45, 2.75) is 4.90 Å². The molecule has 0 aliphatic carbocycles. The van der Waals surface area contributed by atoms with Gasteiger partial charge < -0.3 is 0 Å². The van der Waals surface area contributed by atoms with Crippen molar-refractivity contribution >= 4 is 15.7 Å². The van der Waals surface area contributed by atoms with Crippen LogP contribution >= 0.6 is 0 Å². The molecule has 21 heavy (non-hydrogen) atoms. The molecule has 0 N–H and O–H groups in total. The maximum Gasteiger partial charge on any atom is 0.289 e. The zero-order valence-electron chi connectivity index (χ0n) is 11.2. The molecule has 0 unspecified atom stereocenters. The molecule has 0 atom stereocenters. The zero-order chi connectivity index (χ0) is 15.5. The van der Waals surface area contributed by atoms with Crippen LogP contribution in [0.1, 0.15) is 0 Å². The summed E-state index contributed by atoms with van der Waals surface area (Å²) in [4.78, 5) is 11.8. The van der Waals surface area contributed by atoms with Gasteiger partial charge in [-0.05, 0) is 6.07 Å². The van der Waals surface area contributed by atoms with Crippen molar-refractivity contribution in [2.75, 3.05) is 32.7 Å². The van der Waals surface area contributed by atoms with Gasteiger partial charge in [0.2, 0.25) is 10.0 Å². The molecule has 1 saturated heterocycles. The van der Waals surface area contributed by atoms with E-state index < -0.39 is 20.6 Å². The van der Waals surface area contributed by atoms with Crippen LogP contribution in [0.25, 0.3) is 0 Å². The van der Waals surface area contributed by atoms with E-state index in [1.807, 2.05) is 11.0 Å². The summed E-state index contributed by atoms with van der Waals surface area (Å²) >= 11 is 0. The molecule has 1 fully saturated rings. The molecule has 0 saturated carbocycles. The SMILES string of the molecule is N#CCN1CCN(S(=O)(=O)c2ccccc2[N+](=O)[O-])CC1. The number of para-hydroxylation sites is 1. The summed E-state index contributed by atoms with van der Waals surface area (Å²) < 4.78 is 26.3. The second kappa shape index (κ2) is 6.17. The van der Waals surface area contributed by atoms with Gasteiger partial charge in [0, 0.05) is 32.2 Å². The van der Waals surface area contributed by atoms with Gasteiger partial charge in [-0.2, -0.15) is 9.57 Å². The summed E-state index contributed by atoms with van der Waals surface area (Å²) in [5.74, 6) is 0. The van der Waals surface area contributed by atoms with E-state index in [4.69, 9.17) is 5.26 Å². The van der Waals surface area contributed by atoms with Crippen molar-refractivity contribution < 1.29 is 13.3 Å². The fraction of sp³-hybridized carbons (Fsp3) is 0.417. The van der Waals surface area contributed by atoms with Gasteiger partial charge in [0.1, 0.15) is 0 Å². The maximum absolute atomic E-state index is 12.5. The molecule has 1 heterocycles. The fourth-order valence-electron chi connectivity index (χ4n) is 2.19. The van der Waals surface area contributed by atoms with Crippen molar-refractivity contribution in [2.24, 2.45) is 0 Å². The Morgan fingerprint density at radius 2 is 1.86 bits per heavy atom. The highest BCUT2D eigenvalue weighted by molar-refractivity contribution is 7.89. The molecule has 0 amide bonds. The molecule has 8 nitrogen and oxygen atoms in total. The fourth-order valence-corrected chi connectivity index (χ4v) is 3.77. The number of sulfonamides is 1. The van der Waals surface area contributed by atoms with E-state index in [9.17, 15) is 18.5 Å². The number of rotatable bonds is 4. The average Bonchev–Trinajstić information content (AvgIpc) is 2.48. The Morgan fingerprint density at radius 3 is 2.43 bits per heavy atom. The number of piperazine rings is 1. The van der Waals surface area contributed by atoms with Crippen LogP contribution in [0.5, 0.6) is 0 Å². The Kier molecular flexibility index (Phi) is 4.52. The van der Waals surface area contributed by atoms with Crippen molar-refractivity contribution in [3.05, 3.63) is 34.4 Å². The van der Waals surface area contributed by atoms with Gasteiger partial charge in [0.15, 0.2) is 4.90 Å². The monoisotopic (exact) mass is 310 g/mol. The van der Waals surface area contributed by atoms with Crippen molar-refractivity contribution in [3.8, 4) is 6.07 Å². The largest absolute Gasteiger partial charge is 0.289 e. The van der Waals surface area contributed by atoms with E-state index in [1.54, 1.807) is 0 Å². The predicted octanol–water partition coefficient (Wildman–Crippen LogP) is 0.425. The van der Waals surface area contributed by atoms with Gasteiger partial charge in [-0.3, -0.25) is 15.0 Å². The molecule has 1 aromatic rings. The topological polar surface area (TPSA) is 108 Å². The molecule has 2 rings (SSSR count). The van der Waals surface area contributed by atoms with Crippen LogP contribution in [0.3, 0.4) is 0 Å². The summed E-state index contributed by atoms with van der Waals surface area (Å²) in [6.07, 6.45) is 0. The molecule has 0 radical (unpaired) electrons. The van der Waals surface area contributed by atoms with E-state index in [0.717, 1.165) is 0 Å². The van der Waals surface area contributed by atoms with Crippen LogP contribution in [0, 0.1) is 21.4 Å². The van der Waals surface area contributed by atoms with E-state index in [-0.39, 0.29) is 24.5 Å². The van der Waals surface area contributed by atoms with Gasteiger partial charge >= 0.3 is 0 Å². The minimum absolute atomic E-state index is 0.218. The van der Waals surface area contributed by atoms with Gasteiger partial charge in [0.05, 0.1) is 17.5 Å². The molecule has 1 aliphatic heterocycles. The van der Waals surface area contributed by atoms with Crippen LogP contribution in [0.2, 0.25) is 0 Å². The third-order valence-electron chi connectivity index (χ3n) is 3.31. The minimum atomic E-state index is -3.89. The molecular formula is C12H14N4O4S. The molecule has 0 spiro atoms. The molecular weight excluding hydrogens is 296 g/mol. The molecule has 1 aromatic carbocycles. The Hall–Kier alpha value is -2.02. The Morgan fingerprint density at radius 1 is 1.24 bits per heavy atom. The quantitative estimate of drug-likeness (QED) is 0.453. The number of nitro groups is 1. The molecule has 0 aromatic heterocycles. The third-order valence-corrected chi connectivity index (χ3v) is 5.25. The molecule has 9 heteroatoms. The van der Waals surface area contributed by atoms with Crippen LogP contribution in [-0.4, -0.2) is 55.3 Å². The summed E-state index contributed by atoms with van der Waals surface area (Å²) in [7, 11) is -3.89. The normalized spacial score (nSPS) is 17.3. The molecule has 112 valence electrons. The lowest BCUT2D eigenvalue weighted by molar-refractivity contribution is -0.387. The van der Waals surface area contributed by atoms with Gasteiger partial charge in [0.25, 0.3) is 5.69 Å². The predicted molar refractivity (Wildman–Crippen MR) is 73.9 cm³/mol. The summed E-state index contributed by atoms with van der Waals surface area (Å²) in [6, 6.07) is 7.34. The lowest BCUT2D eigenvalue weighted by Crippen LogP contribution is -2.48. The van der Waals surface area contributed by atoms with Gasteiger partial charge in [-0.25, -0.2) is 8.42 Å². The Labute approximate surface area is 122 Å². The third kappa shape index (κ3) is 3.18. The van der Waals surface area contributed by atoms with Crippen LogP contribution in [0.15, 0.2) is 29.2 Å². The first-order valence-electron chi connectivity index (χ1n) is 6.29. The summed E-state index contributed by atoms with van der Waals surface area (Å²) in [5, 5.41) is 19.6. The Balaban J connectivity index is 2.25. The second-order valence-corrected chi connectivity index (χ2v) is 6.47. The number of nitro benzene ring substituents is 1. The highest BCUT2D eigenvalue weighted by Crippen LogP contribution is 2.26. The Bertz CT molecular complexity index is 675. The number of hydrogen-bond donors (Lipinski definition) is 0. The summed E-state index contributed by atoms with van der Waals surface area (Å²) in [6.45, 7) is 1.56. The molecule has 0 bridgehead atoms. The number of nitriles is 1. The van der Waals surface area contributed by atoms with E-state index in [0.29, 0.717) is 13.1 Å². The highest BCUT2D eigenvalue weighted by atomic mass is 32.2. The van der Waals surface area contributed by atoms with E-state index in [1.165, 1.54) is 28.6 Å². The first-order chi connectivity index (χ1) is 9.96. The minimum Gasteiger partial charge on any atom is -0.288 e. The maximum atomic E-state index is 12.5. The standard InChI is InChI=1S/C12H14N4O4S/c13-5-6-14-7-9-15(10-8-14)21(19,20)12-4-2-1-3-11(12)16(17)18/h1-4H,6-10H2. The van der Waals surface area contributed by atoms with Gasteiger partial charge in [-0.15, -0.1) is 0 Å². The van der Waals surface area contributed by atoms with Crippen molar-refractivity contribution in [3.63, 3.8) is 0 Å². The number of hydrogen-bond acceptors (Lipinski definition) is 6. The average molecular weight is 310 g/mol. The first-order valence-corrected chi connectivity index (χ1v) is 7.73. The molecule has 1 aliphatic rings. The lowest BCUT2D eigenvalue weighted by Gasteiger charge is -2.32. The van der Waals surface area contributed by atoms with Crippen molar-refractivity contribution in [1.82, 2.24) is 9.21 Å². The van der Waals surface area contributed by atoms with Crippen LogP contribution in [-0.2, 0) is 10.0 Å². The highest BCUT2D eigenvalue weighted by Gasteiger charge is 2.33. The van der Waals surface area contributed by atoms with Crippen molar-refractivity contribution in [1.29, 1.82) is 5.26 Å². The zero-order valence-corrected chi connectivity index (χ0v) is 12.0. The number of nitrogens with zero attached hydrogens (tertiary/aromatic N) is 4. The van der Waals surface area contributed by atoms with Crippen LogP contribution in [0.4, 0.5) is 5.69 Å². The second-order valence-electron chi connectivity index (χ2n) is 4.56. The lowest BCUT2D eigenvalue weighted by atomic mass is 10.3. The van der Waals surface area contributed by atoms with E-state index >= 15 is 0 Å². The summed E-state index contributed by atoms with van der Waals surface area (Å²) in [5.41, 5.74) is -0.419. The van der Waals surface area contributed by atoms with Crippen LogP contribution < -0.4 is 0 Å².